The van der Waals surface area contributed by atoms with Gasteiger partial charge in [0, 0.05) is 24.5 Å². The first-order valence-corrected chi connectivity index (χ1v) is 11.8. The Balaban J connectivity index is 1.12. The molecule has 2 fully saturated rings. The summed E-state index contributed by atoms with van der Waals surface area (Å²) < 4.78 is 10.8. The molecule has 1 saturated heterocycles. The number of ether oxygens (including phenoxy) is 2. The van der Waals surface area contributed by atoms with E-state index in [0.29, 0.717) is 32.3 Å². The highest BCUT2D eigenvalue weighted by molar-refractivity contribution is 5.82. The average Bonchev–Trinajstić information content (AvgIpc) is 3.56. The van der Waals surface area contributed by atoms with Gasteiger partial charge in [0.15, 0.2) is 6.10 Å². The van der Waals surface area contributed by atoms with Gasteiger partial charge in [-0.05, 0) is 47.9 Å². The molecule has 0 bridgehead atoms. The molecule has 8 nitrogen and oxygen atoms in total. The van der Waals surface area contributed by atoms with Crippen molar-refractivity contribution in [3.63, 3.8) is 0 Å². The maximum atomic E-state index is 12.6. The predicted molar refractivity (Wildman–Crippen MR) is 123 cm³/mol. The third-order valence-electron chi connectivity index (χ3n) is 7.13. The van der Waals surface area contributed by atoms with E-state index in [1.165, 1.54) is 11.1 Å². The van der Waals surface area contributed by atoms with Crippen molar-refractivity contribution in [3.8, 4) is 11.1 Å². The number of amides is 2. The lowest BCUT2D eigenvalue weighted by Crippen LogP contribution is -2.46. The van der Waals surface area contributed by atoms with Crippen molar-refractivity contribution < 1.29 is 29.0 Å². The number of aliphatic carboxylic acids is 1. The Labute approximate surface area is 197 Å². The zero-order valence-corrected chi connectivity index (χ0v) is 18.7. The molecule has 2 aromatic carbocycles. The summed E-state index contributed by atoms with van der Waals surface area (Å²) in [6.07, 6.45) is 0.804. The van der Waals surface area contributed by atoms with Gasteiger partial charge in [0.05, 0.1) is 6.04 Å². The van der Waals surface area contributed by atoms with E-state index in [1.807, 2.05) is 24.3 Å². The molecular formula is C26H28N2O6. The lowest BCUT2D eigenvalue weighted by molar-refractivity contribution is -0.148. The standard InChI is InChI=1S/C26H28N2O6/c29-24(28-22-11-12-33-23(22)25(30)31)15-9-10-16(13-15)27-26(32)34-14-21-19-7-3-1-5-17(19)18-6-2-4-8-20(18)21/h1-8,15-16,21-23H,9-14H2,(H,27,32)(H,28,29)(H,30,31). The normalized spacial score (nSPS) is 25.4. The van der Waals surface area contributed by atoms with E-state index in [4.69, 9.17) is 9.47 Å². The van der Waals surface area contributed by atoms with Crippen LogP contribution < -0.4 is 10.6 Å². The molecule has 0 aromatic heterocycles. The minimum absolute atomic E-state index is 0.00364. The minimum Gasteiger partial charge on any atom is -0.479 e. The van der Waals surface area contributed by atoms with Gasteiger partial charge in [0.2, 0.25) is 5.91 Å². The maximum absolute atomic E-state index is 12.6. The summed E-state index contributed by atoms with van der Waals surface area (Å²) in [6.45, 7) is 0.563. The summed E-state index contributed by atoms with van der Waals surface area (Å²) in [5.74, 6) is -1.52. The SMILES string of the molecule is O=C(NC1CCC(C(=O)NC2CCOC2C(=O)O)C1)OCC1c2ccccc2-c2ccccc21. The molecular weight excluding hydrogens is 436 g/mol. The fourth-order valence-electron chi connectivity index (χ4n) is 5.44. The second-order valence-corrected chi connectivity index (χ2v) is 9.21. The number of nitrogens with one attached hydrogen (secondary N) is 2. The van der Waals surface area contributed by atoms with Gasteiger partial charge in [-0.15, -0.1) is 0 Å². The molecule has 3 N–H and O–H groups in total. The molecule has 3 aliphatic rings. The molecule has 2 amide bonds. The Morgan fingerprint density at radius 3 is 2.29 bits per heavy atom. The van der Waals surface area contributed by atoms with Crippen molar-refractivity contribution >= 4 is 18.0 Å². The lowest BCUT2D eigenvalue weighted by Gasteiger charge is -2.19. The van der Waals surface area contributed by atoms with Crippen molar-refractivity contribution in [3.05, 3.63) is 59.7 Å². The van der Waals surface area contributed by atoms with Gasteiger partial charge in [-0.3, -0.25) is 4.79 Å². The number of benzene rings is 2. The van der Waals surface area contributed by atoms with Crippen LogP contribution in [-0.2, 0) is 19.1 Å². The van der Waals surface area contributed by atoms with E-state index in [-0.39, 0.29) is 30.4 Å². The molecule has 1 saturated carbocycles. The second kappa shape index (κ2) is 9.46. The second-order valence-electron chi connectivity index (χ2n) is 9.21. The average molecular weight is 465 g/mol. The Bertz CT molecular complexity index is 1060. The van der Waals surface area contributed by atoms with E-state index >= 15 is 0 Å². The van der Waals surface area contributed by atoms with Crippen molar-refractivity contribution in [2.24, 2.45) is 5.92 Å². The molecule has 0 radical (unpaired) electrons. The number of fused-ring (bicyclic) bond motifs is 3. The first-order valence-electron chi connectivity index (χ1n) is 11.8. The highest BCUT2D eigenvalue weighted by Gasteiger charge is 2.38. The van der Waals surface area contributed by atoms with Crippen molar-refractivity contribution in [2.75, 3.05) is 13.2 Å². The van der Waals surface area contributed by atoms with Crippen molar-refractivity contribution in [1.82, 2.24) is 10.6 Å². The molecule has 8 heteroatoms. The number of rotatable bonds is 6. The summed E-state index contributed by atoms with van der Waals surface area (Å²) in [6, 6.07) is 15.7. The largest absolute Gasteiger partial charge is 0.479 e. The Hall–Kier alpha value is -3.39. The predicted octanol–water partition coefficient (Wildman–Crippen LogP) is 3.05. The van der Waals surface area contributed by atoms with Crippen LogP contribution in [0.3, 0.4) is 0 Å². The molecule has 2 aliphatic carbocycles. The molecule has 178 valence electrons. The zero-order valence-electron chi connectivity index (χ0n) is 18.7. The van der Waals surface area contributed by atoms with Gasteiger partial charge in [0.1, 0.15) is 6.61 Å². The Morgan fingerprint density at radius 2 is 1.62 bits per heavy atom. The van der Waals surface area contributed by atoms with E-state index in [9.17, 15) is 19.5 Å². The van der Waals surface area contributed by atoms with Gasteiger partial charge in [-0.25, -0.2) is 9.59 Å². The van der Waals surface area contributed by atoms with Gasteiger partial charge in [-0.2, -0.15) is 0 Å². The monoisotopic (exact) mass is 464 g/mol. The molecule has 1 aliphatic heterocycles. The van der Waals surface area contributed by atoms with Crippen LogP contribution in [0.25, 0.3) is 11.1 Å². The number of alkyl carbamates (subject to hydrolysis) is 1. The van der Waals surface area contributed by atoms with E-state index < -0.39 is 24.2 Å². The summed E-state index contributed by atoms with van der Waals surface area (Å²) >= 11 is 0. The molecule has 1 heterocycles. The van der Waals surface area contributed by atoms with Crippen LogP contribution >= 0.6 is 0 Å². The summed E-state index contributed by atoms with van der Waals surface area (Å²) in [4.78, 5) is 36.4. The quantitative estimate of drug-likeness (QED) is 0.606. The van der Waals surface area contributed by atoms with Crippen LogP contribution in [0.2, 0.25) is 0 Å². The Morgan fingerprint density at radius 1 is 0.941 bits per heavy atom. The number of carbonyl (C=O) groups is 3. The van der Waals surface area contributed by atoms with Gasteiger partial charge >= 0.3 is 12.1 Å². The summed E-state index contributed by atoms with van der Waals surface area (Å²) in [7, 11) is 0. The number of hydrogen-bond acceptors (Lipinski definition) is 5. The maximum Gasteiger partial charge on any atom is 0.407 e. The van der Waals surface area contributed by atoms with Crippen LogP contribution in [-0.4, -0.2) is 54.5 Å². The molecule has 2 aromatic rings. The first kappa shape index (κ1) is 22.4. The molecule has 34 heavy (non-hydrogen) atoms. The van der Waals surface area contributed by atoms with Crippen LogP contribution in [0.5, 0.6) is 0 Å². The van der Waals surface area contributed by atoms with Crippen LogP contribution in [0.4, 0.5) is 4.79 Å². The highest BCUT2D eigenvalue weighted by atomic mass is 16.5. The smallest absolute Gasteiger partial charge is 0.407 e. The van der Waals surface area contributed by atoms with Crippen molar-refractivity contribution in [1.29, 1.82) is 0 Å². The topological polar surface area (TPSA) is 114 Å². The first-order chi connectivity index (χ1) is 16.5. The third kappa shape index (κ3) is 4.37. The van der Waals surface area contributed by atoms with Crippen molar-refractivity contribution in [2.45, 2.75) is 49.8 Å². The molecule has 5 rings (SSSR count). The van der Waals surface area contributed by atoms with E-state index in [2.05, 4.69) is 34.9 Å². The number of carboxylic acids is 1. The lowest BCUT2D eigenvalue weighted by atomic mass is 9.98. The van der Waals surface area contributed by atoms with Crippen LogP contribution in [0, 0.1) is 5.92 Å². The molecule has 4 unspecified atom stereocenters. The van der Waals surface area contributed by atoms with Crippen LogP contribution in [0.1, 0.15) is 42.7 Å². The Kier molecular flexibility index (Phi) is 6.24. The third-order valence-corrected chi connectivity index (χ3v) is 7.13. The minimum atomic E-state index is -1.07. The van der Waals surface area contributed by atoms with Gasteiger partial charge < -0.3 is 25.2 Å². The zero-order chi connectivity index (χ0) is 23.7. The number of carboxylic acid groups (broad SMARTS) is 1. The fourth-order valence-corrected chi connectivity index (χ4v) is 5.44. The fraction of sp³-hybridized carbons (Fsp3) is 0.423. The highest BCUT2D eigenvalue weighted by Crippen LogP contribution is 2.44. The van der Waals surface area contributed by atoms with Crippen LogP contribution in [0.15, 0.2) is 48.5 Å². The van der Waals surface area contributed by atoms with Gasteiger partial charge in [-0.1, -0.05) is 48.5 Å². The molecule has 0 spiro atoms. The summed E-state index contributed by atoms with van der Waals surface area (Å²) in [5, 5.41) is 14.9. The van der Waals surface area contributed by atoms with E-state index in [0.717, 1.165) is 11.1 Å². The summed E-state index contributed by atoms with van der Waals surface area (Å²) in [5.41, 5.74) is 4.67. The number of carbonyl (C=O) groups excluding carboxylic acids is 2. The number of hydrogen-bond donors (Lipinski definition) is 3. The molecule has 4 atom stereocenters. The van der Waals surface area contributed by atoms with E-state index in [1.54, 1.807) is 0 Å². The van der Waals surface area contributed by atoms with Gasteiger partial charge in [0.25, 0.3) is 0 Å².